The summed E-state index contributed by atoms with van der Waals surface area (Å²) in [5.41, 5.74) is 0. The van der Waals surface area contributed by atoms with Crippen LogP contribution in [0.3, 0.4) is 0 Å². The Morgan fingerprint density at radius 1 is 1.60 bits per heavy atom. The molecule has 0 aromatic carbocycles. The topological polar surface area (TPSA) is 65.0 Å². The smallest absolute Gasteiger partial charge is 0.376 e. The number of rotatable bonds is 4. The first-order valence-corrected chi connectivity index (χ1v) is 5.07. The molecule has 5 nitrogen and oxygen atoms in total. The molecule has 0 aromatic heterocycles. The number of carbonyl (C=O) groups is 1. The van der Waals surface area contributed by atoms with Gasteiger partial charge in [0.1, 0.15) is 6.26 Å². The van der Waals surface area contributed by atoms with Gasteiger partial charge >= 0.3 is 5.97 Å². The molecule has 1 aliphatic heterocycles. The molecule has 0 aliphatic carbocycles. The third kappa shape index (κ3) is 3.79. The fourth-order valence-corrected chi connectivity index (χ4v) is 1.28. The Bertz CT molecular complexity index is 230. The van der Waals surface area contributed by atoms with E-state index >= 15 is 0 Å². The van der Waals surface area contributed by atoms with Crippen molar-refractivity contribution in [1.29, 1.82) is 0 Å². The number of aliphatic hydroxyl groups is 1. The van der Waals surface area contributed by atoms with E-state index in [1.54, 1.807) is 6.92 Å². The predicted octanol–water partition coefficient (Wildman–Crippen LogP) is 1.49. The quantitative estimate of drug-likeness (QED) is 0.438. The number of aliphatic hydroxyl groups excluding tert-OH is 1. The van der Waals surface area contributed by atoms with E-state index in [9.17, 15) is 4.79 Å². The van der Waals surface area contributed by atoms with Crippen molar-refractivity contribution in [3.63, 3.8) is 0 Å². The van der Waals surface area contributed by atoms with E-state index in [2.05, 4.69) is 4.74 Å². The van der Waals surface area contributed by atoms with Crippen LogP contribution in [-0.4, -0.2) is 30.6 Å². The first kappa shape index (κ1) is 11.8. The highest BCUT2D eigenvalue weighted by Gasteiger charge is 2.21. The van der Waals surface area contributed by atoms with Crippen LogP contribution < -0.4 is 0 Å². The molecule has 1 heterocycles. The number of hydrogen-bond donors (Lipinski definition) is 1. The monoisotopic (exact) mass is 216 g/mol. The van der Waals surface area contributed by atoms with E-state index in [1.807, 2.05) is 0 Å². The second kappa shape index (κ2) is 6.29. The van der Waals surface area contributed by atoms with Gasteiger partial charge < -0.3 is 19.3 Å². The van der Waals surface area contributed by atoms with Gasteiger partial charge in [0, 0.05) is 6.42 Å². The molecule has 0 bridgehead atoms. The number of esters is 1. The Balaban J connectivity index is 2.42. The van der Waals surface area contributed by atoms with Crippen LogP contribution in [0.5, 0.6) is 0 Å². The van der Waals surface area contributed by atoms with Gasteiger partial charge in [-0.3, -0.25) is 0 Å². The molecular weight excluding hydrogens is 200 g/mol. The summed E-state index contributed by atoms with van der Waals surface area (Å²) in [6.45, 7) is 2.54. The predicted molar refractivity (Wildman–Crippen MR) is 52.0 cm³/mol. The molecule has 0 radical (unpaired) electrons. The molecule has 0 saturated carbocycles. The zero-order valence-corrected chi connectivity index (χ0v) is 8.77. The number of carbonyl (C=O) groups excluding carboxylic acids is 1. The maximum atomic E-state index is 11.2. The zero-order valence-electron chi connectivity index (χ0n) is 8.77. The number of ether oxygens (including phenoxy) is 3. The van der Waals surface area contributed by atoms with Crippen LogP contribution in [0, 0.1) is 0 Å². The molecule has 1 rings (SSSR count). The summed E-state index contributed by atoms with van der Waals surface area (Å²) in [5, 5.41) is 8.81. The van der Waals surface area contributed by atoms with Crippen LogP contribution >= 0.6 is 0 Å². The third-order valence-corrected chi connectivity index (χ3v) is 1.99. The normalized spacial score (nSPS) is 22.2. The van der Waals surface area contributed by atoms with Crippen molar-refractivity contribution in [1.82, 2.24) is 0 Å². The summed E-state index contributed by atoms with van der Waals surface area (Å²) in [6, 6.07) is 0. The summed E-state index contributed by atoms with van der Waals surface area (Å²) < 4.78 is 15.1. The molecule has 0 spiro atoms. The SMILES string of the molecule is CCOC(=O)/C(=C\O)OC1CCCCO1. The third-order valence-electron chi connectivity index (χ3n) is 1.99. The molecule has 0 aromatic rings. The Hall–Kier alpha value is -1.23. The average molecular weight is 216 g/mol. The number of hydrogen-bond acceptors (Lipinski definition) is 5. The highest BCUT2D eigenvalue weighted by molar-refractivity contribution is 5.85. The zero-order chi connectivity index (χ0) is 11.1. The first-order valence-electron chi connectivity index (χ1n) is 5.07. The maximum Gasteiger partial charge on any atom is 0.376 e. The van der Waals surface area contributed by atoms with Gasteiger partial charge in [0.2, 0.25) is 5.76 Å². The van der Waals surface area contributed by atoms with E-state index in [0.717, 1.165) is 19.3 Å². The average Bonchev–Trinajstić information content (AvgIpc) is 2.27. The van der Waals surface area contributed by atoms with E-state index in [-0.39, 0.29) is 12.4 Å². The van der Waals surface area contributed by atoms with Crippen LogP contribution in [0.1, 0.15) is 26.2 Å². The van der Waals surface area contributed by atoms with Gasteiger partial charge in [0.05, 0.1) is 13.2 Å². The minimum atomic E-state index is -0.672. The van der Waals surface area contributed by atoms with Gasteiger partial charge in [0.25, 0.3) is 0 Å². The lowest BCUT2D eigenvalue weighted by molar-refractivity contribution is -0.164. The van der Waals surface area contributed by atoms with E-state index in [0.29, 0.717) is 12.9 Å². The lowest BCUT2D eigenvalue weighted by Crippen LogP contribution is -2.24. The van der Waals surface area contributed by atoms with Crippen LogP contribution in [0.2, 0.25) is 0 Å². The van der Waals surface area contributed by atoms with Crippen molar-refractivity contribution in [2.24, 2.45) is 0 Å². The summed E-state index contributed by atoms with van der Waals surface area (Å²) in [7, 11) is 0. The Kier molecular flexibility index (Phi) is 4.97. The van der Waals surface area contributed by atoms with Crippen LogP contribution in [-0.2, 0) is 19.0 Å². The molecule has 1 atom stereocenters. The van der Waals surface area contributed by atoms with Crippen LogP contribution in [0.4, 0.5) is 0 Å². The molecule has 1 N–H and O–H groups in total. The van der Waals surface area contributed by atoms with Crippen molar-refractivity contribution in [3.8, 4) is 0 Å². The first-order chi connectivity index (χ1) is 7.27. The second-order valence-corrected chi connectivity index (χ2v) is 3.13. The van der Waals surface area contributed by atoms with Gasteiger partial charge in [-0.05, 0) is 19.8 Å². The van der Waals surface area contributed by atoms with E-state index in [1.165, 1.54) is 0 Å². The van der Waals surface area contributed by atoms with E-state index < -0.39 is 12.3 Å². The fraction of sp³-hybridized carbons (Fsp3) is 0.700. The molecule has 1 fully saturated rings. The molecule has 1 aliphatic rings. The standard InChI is InChI=1S/C10H16O5/c1-2-13-10(12)8(7-11)15-9-5-3-4-6-14-9/h7,9,11H,2-6H2,1H3/b8-7+. The molecule has 1 unspecified atom stereocenters. The molecule has 15 heavy (non-hydrogen) atoms. The van der Waals surface area contributed by atoms with Crippen molar-refractivity contribution >= 4 is 5.97 Å². The van der Waals surface area contributed by atoms with Gasteiger partial charge in [-0.15, -0.1) is 0 Å². The Morgan fingerprint density at radius 2 is 2.40 bits per heavy atom. The van der Waals surface area contributed by atoms with Crippen molar-refractivity contribution in [2.45, 2.75) is 32.5 Å². The minimum absolute atomic E-state index is 0.205. The second-order valence-electron chi connectivity index (χ2n) is 3.13. The lowest BCUT2D eigenvalue weighted by atomic mass is 10.2. The van der Waals surface area contributed by atoms with Gasteiger partial charge in [-0.2, -0.15) is 0 Å². The largest absolute Gasteiger partial charge is 0.511 e. The highest BCUT2D eigenvalue weighted by atomic mass is 16.7. The van der Waals surface area contributed by atoms with Crippen molar-refractivity contribution in [3.05, 3.63) is 12.0 Å². The van der Waals surface area contributed by atoms with Gasteiger partial charge in [-0.1, -0.05) is 0 Å². The highest BCUT2D eigenvalue weighted by Crippen LogP contribution is 2.17. The molecule has 86 valence electrons. The van der Waals surface area contributed by atoms with E-state index in [4.69, 9.17) is 14.6 Å². The van der Waals surface area contributed by atoms with Gasteiger partial charge in [0.15, 0.2) is 6.29 Å². The lowest BCUT2D eigenvalue weighted by Gasteiger charge is -2.23. The summed E-state index contributed by atoms with van der Waals surface area (Å²) >= 11 is 0. The van der Waals surface area contributed by atoms with Gasteiger partial charge in [-0.25, -0.2) is 4.79 Å². The fourth-order valence-electron chi connectivity index (χ4n) is 1.28. The summed E-state index contributed by atoms with van der Waals surface area (Å²) in [5.74, 6) is -0.877. The molecule has 1 saturated heterocycles. The summed E-state index contributed by atoms with van der Waals surface area (Å²) in [6.07, 6.45) is 2.86. The van der Waals surface area contributed by atoms with Crippen LogP contribution in [0.15, 0.2) is 12.0 Å². The Labute approximate surface area is 88.6 Å². The molecule has 0 amide bonds. The maximum absolute atomic E-state index is 11.2. The Morgan fingerprint density at radius 3 is 2.93 bits per heavy atom. The van der Waals surface area contributed by atoms with Crippen molar-refractivity contribution < 1.29 is 24.1 Å². The van der Waals surface area contributed by atoms with Crippen LogP contribution in [0.25, 0.3) is 0 Å². The van der Waals surface area contributed by atoms with Crippen molar-refractivity contribution in [2.75, 3.05) is 13.2 Å². The summed E-state index contributed by atoms with van der Waals surface area (Å²) in [4.78, 5) is 11.2. The minimum Gasteiger partial charge on any atom is -0.511 e. The molecular formula is C10H16O5. The molecule has 5 heteroatoms.